The first kappa shape index (κ1) is 21.6. The Morgan fingerprint density at radius 1 is 0.629 bits per heavy atom. The molecule has 7 aromatic rings. The van der Waals surface area contributed by atoms with Crippen LogP contribution in [0.25, 0.3) is 59.8 Å². The van der Waals surface area contributed by atoms with Crippen LogP contribution in [0.1, 0.15) is 0 Å². The van der Waals surface area contributed by atoms with Crippen LogP contribution in [-0.2, 0) is 0 Å². The molecule has 0 bridgehead atoms. The predicted molar refractivity (Wildman–Crippen MR) is 142 cm³/mol. The Hall–Kier alpha value is -3.97. The van der Waals surface area contributed by atoms with Gasteiger partial charge in [-0.05, 0) is 45.9 Å². The average Bonchev–Trinajstić information content (AvgIpc) is 3.22. The summed E-state index contributed by atoms with van der Waals surface area (Å²) in [6.45, 7) is 0. The van der Waals surface area contributed by atoms with E-state index in [1.165, 1.54) is 0 Å². The van der Waals surface area contributed by atoms with E-state index in [0.717, 1.165) is 61.5 Å². The van der Waals surface area contributed by atoms with Gasteiger partial charge in [0.1, 0.15) is 5.82 Å². The summed E-state index contributed by atoms with van der Waals surface area (Å²) in [6.07, 6.45) is 0. The lowest BCUT2D eigenvalue weighted by Gasteiger charge is -2.17. The normalized spacial score (nSPS) is 11.6. The van der Waals surface area contributed by atoms with Crippen LogP contribution in [0.3, 0.4) is 0 Å². The molecule has 170 valence electrons. The summed E-state index contributed by atoms with van der Waals surface area (Å²) in [5.74, 6) is -0.208. The van der Waals surface area contributed by atoms with Gasteiger partial charge in [-0.25, -0.2) is 4.39 Å². The number of rotatable bonds is 2. The third kappa shape index (κ3) is 3.05. The minimum absolute atomic E-state index is 0.208. The zero-order valence-corrected chi connectivity index (χ0v) is 18.9. The van der Waals surface area contributed by atoms with Gasteiger partial charge in [-0.15, -0.1) is 0 Å². The van der Waals surface area contributed by atoms with Crippen molar-refractivity contribution in [1.82, 2.24) is 4.57 Å². The maximum atomic E-state index is 14.9. The molecule has 0 spiro atoms. The fraction of sp³-hybridized carbons (Fsp3) is 0.0345. The number of para-hydroxylation sites is 1. The Bertz CT molecular complexity index is 1880. The molecule has 0 aliphatic carbocycles. The van der Waals surface area contributed by atoms with Crippen molar-refractivity contribution in [2.45, 2.75) is 0 Å². The zero-order valence-electron chi connectivity index (χ0n) is 18.9. The summed E-state index contributed by atoms with van der Waals surface area (Å²) in [7, 11) is -0.529. The monoisotopic (exact) mass is 461 g/mol. The minimum atomic E-state index is -1.53. The first-order valence-corrected chi connectivity index (χ1v) is 11.3. The third-order valence-electron chi connectivity index (χ3n) is 6.79. The van der Waals surface area contributed by atoms with Gasteiger partial charge in [0.15, 0.2) is 0 Å². The Kier molecular flexibility index (Phi) is 4.97. The van der Waals surface area contributed by atoms with Crippen molar-refractivity contribution in [2.24, 2.45) is 0 Å². The van der Waals surface area contributed by atoms with Gasteiger partial charge in [0.25, 0.3) is 0 Å². The van der Waals surface area contributed by atoms with Crippen molar-refractivity contribution in [3.8, 4) is 5.69 Å². The molecule has 0 aliphatic heterocycles. The van der Waals surface area contributed by atoms with Crippen LogP contribution < -0.4 is 5.46 Å². The average molecular weight is 461 g/mol. The van der Waals surface area contributed by atoms with Gasteiger partial charge < -0.3 is 19.7 Å². The van der Waals surface area contributed by atoms with E-state index in [9.17, 15) is 14.4 Å². The molecule has 0 saturated carbocycles. The maximum absolute atomic E-state index is 14.9. The van der Waals surface area contributed by atoms with Gasteiger partial charge >= 0.3 is 7.12 Å². The molecule has 4 nitrogen and oxygen atoms in total. The lowest BCUT2D eigenvalue weighted by atomic mass is 9.80. The predicted octanol–water partition coefficient (Wildman–Crippen LogP) is 5.11. The second kappa shape index (κ2) is 8.06. The molecule has 6 aromatic carbocycles. The van der Waals surface area contributed by atoms with Gasteiger partial charge in [-0.3, -0.25) is 0 Å². The van der Waals surface area contributed by atoms with Gasteiger partial charge in [-0.1, -0.05) is 66.7 Å². The number of fused-ring (bicyclic) bond motifs is 3. The third-order valence-corrected chi connectivity index (χ3v) is 6.79. The van der Waals surface area contributed by atoms with E-state index in [1.54, 1.807) is 12.1 Å². The summed E-state index contributed by atoms with van der Waals surface area (Å²) >= 11 is 0. The van der Waals surface area contributed by atoms with E-state index in [0.29, 0.717) is 10.8 Å². The lowest BCUT2D eigenvalue weighted by molar-refractivity contribution is 0.399. The number of benzene rings is 6. The summed E-state index contributed by atoms with van der Waals surface area (Å²) in [6, 6.07) is 29.2. The van der Waals surface area contributed by atoms with Crippen molar-refractivity contribution in [3.63, 3.8) is 0 Å². The molecule has 0 amide bonds. The minimum Gasteiger partial charge on any atom is -0.423 e. The van der Waals surface area contributed by atoms with Crippen LogP contribution >= 0.6 is 0 Å². The molecule has 0 fully saturated rings. The van der Waals surface area contributed by atoms with Gasteiger partial charge in [0.05, 0.1) is 16.7 Å². The van der Waals surface area contributed by atoms with Crippen molar-refractivity contribution in [2.75, 3.05) is 7.11 Å². The topological polar surface area (TPSA) is 65.6 Å². The summed E-state index contributed by atoms with van der Waals surface area (Å²) in [4.78, 5) is 0. The number of halogens is 1. The van der Waals surface area contributed by atoms with E-state index in [2.05, 4.69) is 28.8 Å². The SMILES string of the molecule is CO.OB(O)c1ccc2c(c1)c1ccccc1n2-c1cc2cccc3c(F)cc4cccc1c4c23. The number of aliphatic hydroxyl groups excluding tert-OH is 1. The van der Waals surface area contributed by atoms with Crippen LogP contribution in [0.4, 0.5) is 4.39 Å². The molecule has 1 aromatic heterocycles. The molecule has 0 saturated heterocycles. The van der Waals surface area contributed by atoms with E-state index in [1.807, 2.05) is 54.6 Å². The first-order chi connectivity index (χ1) is 17.1. The standard InChI is InChI=1S/C28H17BFNO2.CH4O/c30-23-13-16-5-4-9-21-26(14-17-6-3-8-20(23)27(17)28(16)21)31-24-10-2-1-7-19(24)22-15-18(29(32)33)11-12-25(22)31;1-2/h1-15,32-33H;2H,1H3. The summed E-state index contributed by atoms with van der Waals surface area (Å²) in [5, 5.41) is 34.0. The maximum Gasteiger partial charge on any atom is 0.488 e. The lowest BCUT2D eigenvalue weighted by Crippen LogP contribution is -2.29. The van der Waals surface area contributed by atoms with Crippen LogP contribution in [0.5, 0.6) is 0 Å². The molecule has 0 unspecified atom stereocenters. The van der Waals surface area contributed by atoms with Gasteiger partial charge in [-0.2, -0.15) is 0 Å². The highest BCUT2D eigenvalue weighted by atomic mass is 19.1. The van der Waals surface area contributed by atoms with E-state index >= 15 is 0 Å². The van der Waals surface area contributed by atoms with Crippen LogP contribution in [-0.4, -0.2) is 33.9 Å². The molecule has 0 radical (unpaired) electrons. The fourth-order valence-electron chi connectivity index (χ4n) is 5.39. The van der Waals surface area contributed by atoms with Crippen LogP contribution in [0.2, 0.25) is 0 Å². The number of hydrogen-bond donors (Lipinski definition) is 3. The zero-order chi connectivity index (χ0) is 24.3. The van der Waals surface area contributed by atoms with Crippen molar-refractivity contribution in [3.05, 3.63) is 96.8 Å². The fourth-order valence-corrected chi connectivity index (χ4v) is 5.39. The summed E-state index contributed by atoms with van der Waals surface area (Å²) < 4.78 is 17.1. The van der Waals surface area contributed by atoms with E-state index < -0.39 is 7.12 Å². The molecule has 1 heterocycles. The highest BCUT2D eigenvalue weighted by Gasteiger charge is 2.20. The molecule has 0 atom stereocenters. The molecule has 6 heteroatoms. The quantitative estimate of drug-likeness (QED) is 0.248. The van der Waals surface area contributed by atoms with Crippen molar-refractivity contribution >= 4 is 66.7 Å². The highest BCUT2D eigenvalue weighted by Crippen LogP contribution is 2.41. The smallest absolute Gasteiger partial charge is 0.423 e. The molecular formula is C29H21BFNO3. The van der Waals surface area contributed by atoms with Gasteiger partial charge in [0.2, 0.25) is 0 Å². The Morgan fingerprint density at radius 3 is 2.03 bits per heavy atom. The molecule has 3 N–H and O–H groups in total. The van der Waals surface area contributed by atoms with Crippen LogP contribution in [0.15, 0.2) is 91.0 Å². The Labute approximate surface area is 200 Å². The molecular weight excluding hydrogens is 440 g/mol. The Morgan fingerprint density at radius 2 is 1.26 bits per heavy atom. The van der Waals surface area contributed by atoms with E-state index in [4.69, 9.17) is 5.11 Å². The number of hydrogen-bond acceptors (Lipinski definition) is 3. The van der Waals surface area contributed by atoms with Gasteiger partial charge in [0, 0.05) is 34.0 Å². The summed E-state index contributed by atoms with van der Waals surface area (Å²) in [5.41, 5.74) is 3.46. The second-order valence-corrected chi connectivity index (χ2v) is 8.56. The number of nitrogens with zero attached hydrogens (tertiary/aromatic N) is 1. The first-order valence-electron chi connectivity index (χ1n) is 11.3. The molecule has 7 rings (SSSR count). The van der Waals surface area contributed by atoms with Crippen molar-refractivity contribution < 1.29 is 19.5 Å². The second-order valence-electron chi connectivity index (χ2n) is 8.56. The molecule has 0 aliphatic rings. The van der Waals surface area contributed by atoms with Crippen LogP contribution in [0, 0.1) is 5.82 Å². The Balaban J connectivity index is 0.00000112. The number of aliphatic hydroxyl groups is 1. The van der Waals surface area contributed by atoms with Crippen molar-refractivity contribution in [1.29, 1.82) is 0 Å². The number of aromatic nitrogens is 1. The largest absolute Gasteiger partial charge is 0.488 e. The highest BCUT2D eigenvalue weighted by molar-refractivity contribution is 6.59. The molecule has 35 heavy (non-hydrogen) atoms. The van der Waals surface area contributed by atoms with E-state index in [-0.39, 0.29) is 5.82 Å².